The van der Waals surface area contributed by atoms with Gasteiger partial charge < -0.3 is 0 Å². The summed E-state index contributed by atoms with van der Waals surface area (Å²) in [5.41, 5.74) is 0.748. The number of nitro groups is 1. The van der Waals surface area contributed by atoms with Gasteiger partial charge >= 0.3 is 5.69 Å². The topological polar surface area (TPSA) is 68.9 Å². The van der Waals surface area contributed by atoms with Gasteiger partial charge in [-0.3, -0.25) is 10.1 Å². The summed E-state index contributed by atoms with van der Waals surface area (Å²) in [6.45, 7) is 1.51. The fourth-order valence-electron chi connectivity index (χ4n) is 1.59. The molecule has 0 aliphatic heterocycles. The van der Waals surface area contributed by atoms with E-state index in [0.717, 1.165) is 0 Å². The summed E-state index contributed by atoms with van der Waals surface area (Å²) < 4.78 is 0. The molecule has 0 bridgehead atoms. The minimum Gasteiger partial charge on any atom is -0.258 e. The van der Waals surface area contributed by atoms with Crippen LogP contribution in [0.3, 0.4) is 0 Å². The molecule has 2 rings (SSSR count). The van der Waals surface area contributed by atoms with E-state index in [2.05, 4.69) is 9.97 Å². The third-order valence-corrected chi connectivity index (χ3v) is 2.72. The van der Waals surface area contributed by atoms with Crippen LogP contribution in [0.1, 0.15) is 5.69 Å². The van der Waals surface area contributed by atoms with Crippen LogP contribution in [0.4, 0.5) is 5.69 Å². The van der Waals surface area contributed by atoms with Gasteiger partial charge in [-0.25, -0.2) is 9.97 Å². The molecule has 5 nitrogen and oxygen atoms in total. The fourth-order valence-corrected chi connectivity index (χ4v) is 1.99. The monoisotopic (exact) mass is 283 g/mol. The molecule has 0 aliphatic carbocycles. The zero-order valence-electron chi connectivity index (χ0n) is 9.22. The van der Waals surface area contributed by atoms with Crippen molar-refractivity contribution in [3.05, 3.63) is 50.4 Å². The Balaban J connectivity index is 2.73. The van der Waals surface area contributed by atoms with Gasteiger partial charge in [-0.15, -0.1) is 0 Å². The summed E-state index contributed by atoms with van der Waals surface area (Å²) in [5.74, 6) is 0. The molecule has 1 aromatic carbocycles. The molecule has 92 valence electrons. The Morgan fingerprint density at radius 3 is 2.61 bits per heavy atom. The maximum atomic E-state index is 11.1. The molecule has 0 aliphatic rings. The van der Waals surface area contributed by atoms with Crippen molar-refractivity contribution in [1.29, 1.82) is 0 Å². The van der Waals surface area contributed by atoms with E-state index >= 15 is 0 Å². The van der Waals surface area contributed by atoms with E-state index in [1.54, 1.807) is 24.3 Å². The Morgan fingerprint density at radius 2 is 2.00 bits per heavy atom. The Hall–Kier alpha value is -1.72. The molecule has 0 N–H and O–H groups in total. The number of hydrogen-bond donors (Lipinski definition) is 0. The Bertz CT molecular complexity index is 632. The van der Waals surface area contributed by atoms with Crippen molar-refractivity contribution in [2.75, 3.05) is 0 Å². The van der Waals surface area contributed by atoms with E-state index in [4.69, 9.17) is 23.2 Å². The zero-order chi connectivity index (χ0) is 13.3. The van der Waals surface area contributed by atoms with Crippen molar-refractivity contribution in [2.24, 2.45) is 0 Å². The number of hydrogen-bond acceptors (Lipinski definition) is 4. The van der Waals surface area contributed by atoms with Crippen molar-refractivity contribution in [3.8, 4) is 11.3 Å². The first kappa shape index (κ1) is 12.7. The standard InChI is InChI=1S/C11H7Cl2N3O2/c1-6-10(16(17)18)9(15-11(13)14-6)7-3-2-4-8(12)5-7/h2-5H,1H3. The molecule has 0 atom stereocenters. The van der Waals surface area contributed by atoms with E-state index in [1.807, 2.05) is 0 Å². The van der Waals surface area contributed by atoms with Crippen LogP contribution in [0.2, 0.25) is 10.3 Å². The fraction of sp³-hybridized carbons (Fsp3) is 0.0909. The molecule has 0 saturated carbocycles. The lowest BCUT2D eigenvalue weighted by Crippen LogP contribution is -2.01. The Kier molecular flexibility index (Phi) is 3.45. The second-order valence-electron chi connectivity index (χ2n) is 3.54. The highest BCUT2D eigenvalue weighted by molar-refractivity contribution is 6.31. The third-order valence-electron chi connectivity index (χ3n) is 2.31. The van der Waals surface area contributed by atoms with Crippen molar-refractivity contribution in [3.63, 3.8) is 0 Å². The second kappa shape index (κ2) is 4.88. The van der Waals surface area contributed by atoms with Crippen LogP contribution in [-0.2, 0) is 0 Å². The molecule has 0 spiro atoms. The first-order chi connectivity index (χ1) is 8.49. The summed E-state index contributed by atoms with van der Waals surface area (Å²) >= 11 is 11.6. The molecular formula is C11H7Cl2N3O2. The van der Waals surface area contributed by atoms with Crippen molar-refractivity contribution < 1.29 is 4.92 Å². The van der Waals surface area contributed by atoms with Crippen LogP contribution in [-0.4, -0.2) is 14.9 Å². The van der Waals surface area contributed by atoms with Crippen molar-refractivity contribution >= 4 is 28.9 Å². The highest BCUT2D eigenvalue weighted by Gasteiger charge is 2.22. The number of halogens is 2. The van der Waals surface area contributed by atoms with Gasteiger partial charge in [0.2, 0.25) is 5.28 Å². The lowest BCUT2D eigenvalue weighted by atomic mass is 10.1. The number of nitrogens with zero attached hydrogens (tertiary/aromatic N) is 3. The number of aryl methyl sites for hydroxylation is 1. The molecule has 1 aromatic heterocycles. The van der Waals surface area contributed by atoms with Gasteiger partial charge in [0.1, 0.15) is 5.69 Å². The highest BCUT2D eigenvalue weighted by atomic mass is 35.5. The first-order valence-electron chi connectivity index (χ1n) is 4.93. The molecule has 1 heterocycles. The van der Waals surface area contributed by atoms with Crippen LogP contribution >= 0.6 is 23.2 Å². The predicted octanol–water partition coefficient (Wildman–Crippen LogP) is 3.67. The van der Waals surface area contributed by atoms with Crippen LogP contribution < -0.4 is 0 Å². The molecule has 0 unspecified atom stereocenters. The average molecular weight is 284 g/mol. The van der Waals surface area contributed by atoms with Crippen LogP contribution in [0.25, 0.3) is 11.3 Å². The van der Waals surface area contributed by atoms with Gasteiger partial charge in [-0.2, -0.15) is 0 Å². The third kappa shape index (κ3) is 2.42. The minimum atomic E-state index is -0.526. The maximum absolute atomic E-state index is 11.1. The molecule has 0 radical (unpaired) electrons. The van der Waals surface area contributed by atoms with E-state index in [0.29, 0.717) is 10.6 Å². The first-order valence-corrected chi connectivity index (χ1v) is 5.69. The highest BCUT2D eigenvalue weighted by Crippen LogP contribution is 2.32. The van der Waals surface area contributed by atoms with Gasteiger partial charge in [-0.05, 0) is 30.7 Å². The molecule has 18 heavy (non-hydrogen) atoms. The summed E-state index contributed by atoms with van der Waals surface area (Å²) in [7, 11) is 0. The van der Waals surface area contributed by atoms with Gasteiger partial charge in [0.05, 0.1) is 4.92 Å². The minimum absolute atomic E-state index is 0.0342. The average Bonchev–Trinajstić information content (AvgIpc) is 2.27. The quantitative estimate of drug-likeness (QED) is 0.479. The van der Waals surface area contributed by atoms with Crippen molar-refractivity contribution in [1.82, 2.24) is 9.97 Å². The Labute approximate surface area is 113 Å². The lowest BCUT2D eigenvalue weighted by molar-refractivity contribution is -0.385. The van der Waals surface area contributed by atoms with Gasteiger partial charge in [0.15, 0.2) is 5.69 Å². The van der Waals surface area contributed by atoms with Gasteiger partial charge in [0, 0.05) is 10.6 Å². The maximum Gasteiger partial charge on any atom is 0.316 e. The lowest BCUT2D eigenvalue weighted by Gasteiger charge is -2.05. The summed E-state index contributed by atoms with van der Waals surface area (Å²) in [4.78, 5) is 18.2. The van der Waals surface area contributed by atoms with E-state index in [9.17, 15) is 10.1 Å². The van der Waals surface area contributed by atoms with Gasteiger partial charge in [0.25, 0.3) is 0 Å². The van der Waals surface area contributed by atoms with Crippen LogP contribution in [0.5, 0.6) is 0 Å². The molecular weight excluding hydrogens is 277 g/mol. The molecule has 0 fully saturated rings. The zero-order valence-corrected chi connectivity index (χ0v) is 10.7. The number of benzene rings is 1. The predicted molar refractivity (Wildman–Crippen MR) is 68.9 cm³/mol. The summed E-state index contributed by atoms with van der Waals surface area (Å²) in [6.07, 6.45) is 0. The Morgan fingerprint density at radius 1 is 1.28 bits per heavy atom. The molecule has 7 heteroatoms. The molecule has 2 aromatic rings. The van der Waals surface area contributed by atoms with E-state index in [1.165, 1.54) is 6.92 Å². The molecule has 0 saturated heterocycles. The summed E-state index contributed by atoms with van der Waals surface area (Å²) in [5, 5.41) is 11.5. The van der Waals surface area contributed by atoms with Crippen molar-refractivity contribution in [2.45, 2.75) is 6.92 Å². The largest absolute Gasteiger partial charge is 0.316 e. The van der Waals surface area contributed by atoms with Gasteiger partial charge in [-0.1, -0.05) is 23.7 Å². The van der Waals surface area contributed by atoms with Crippen LogP contribution in [0.15, 0.2) is 24.3 Å². The van der Waals surface area contributed by atoms with E-state index in [-0.39, 0.29) is 22.4 Å². The normalized spacial score (nSPS) is 10.4. The smallest absolute Gasteiger partial charge is 0.258 e. The van der Waals surface area contributed by atoms with E-state index < -0.39 is 4.92 Å². The van der Waals surface area contributed by atoms with Crippen LogP contribution in [0, 0.1) is 17.0 Å². The second-order valence-corrected chi connectivity index (χ2v) is 4.32. The summed E-state index contributed by atoms with van der Waals surface area (Å²) in [6, 6.07) is 6.63. The SMILES string of the molecule is Cc1nc(Cl)nc(-c2cccc(Cl)c2)c1[N+](=O)[O-]. The molecule has 0 amide bonds. The number of aromatic nitrogens is 2. The number of rotatable bonds is 2.